The molecule has 3 rings (SSSR count). The third-order valence-corrected chi connectivity index (χ3v) is 4.54. The molecule has 1 N–H and O–H groups in total. The van der Waals surface area contributed by atoms with Crippen LogP contribution in [0.5, 0.6) is 0 Å². The first-order valence-electron chi connectivity index (χ1n) is 10.1. The number of hydrogen-bond donors (Lipinski definition) is 1. The van der Waals surface area contributed by atoms with Crippen molar-refractivity contribution < 1.29 is 23.9 Å². The summed E-state index contributed by atoms with van der Waals surface area (Å²) in [6, 6.07) is 9.42. The van der Waals surface area contributed by atoms with Crippen molar-refractivity contribution in [2.24, 2.45) is 0 Å². The van der Waals surface area contributed by atoms with E-state index in [9.17, 15) is 14.4 Å². The number of amides is 1. The van der Waals surface area contributed by atoms with Gasteiger partial charge in [-0.1, -0.05) is 30.3 Å². The molecule has 1 amide bonds. The van der Waals surface area contributed by atoms with Crippen LogP contribution in [-0.2, 0) is 25.6 Å². The SMILES string of the molecule is CCOC(=O)C(NC(=O)c1cc(-c2ccccc2)nc2c1cnn2CC)C(=O)OCC. The molecule has 0 aliphatic heterocycles. The Bertz CT molecular complexity index is 1080. The third-order valence-electron chi connectivity index (χ3n) is 4.54. The Kier molecular flexibility index (Phi) is 6.96. The number of nitrogens with zero attached hydrogens (tertiary/aromatic N) is 3. The van der Waals surface area contributed by atoms with Gasteiger partial charge in [0, 0.05) is 12.1 Å². The predicted molar refractivity (Wildman–Crippen MR) is 113 cm³/mol. The lowest BCUT2D eigenvalue weighted by Crippen LogP contribution is -2.48. The summed E-state index contributed by atoms with van der Waals surface area (Å²) in [5.74, 6) is -2.40. The third kappa shape index (κ3) is 4.71. The molecule has 0 spiro atoms. The number of ether oxygens (including phenoxy) is 2. The van der Waals surface area contributed by atoms with E-state index >= 15 is 0 Å². The van der Waals surface area contributed by atoms with Crippen LogP contribution in [0.2, 0.25) is 0 Å². The number of esters is 2. The van der Waals surface area contributed by atoms with Gasteiger partial charge in [0.2, 0.25) is 6.04 Å². The first-order valence-corrected chi connectivity index (χ1v) is 10.1. The molecular weight excluding hydrogens is 400 g/mol. The van der Waals surface area contributed by atoms with Gasteiger partial charge in [-0.3, -0.25) is 4.79 Å². The van der Waals surface area contributed by atoms with E-state index in [1.807, 2.05) is 37.3 Å². The van der Waals surface area contributed by atoms with Crippen LogP contribution in [0.25, 0.3) is 22.3 Å². The highest BCUT2D eigenvalue weighted by atomic mass is 16.6. The van der Waals surface area contributed by atoms with Crippen molar-refractivity contribution in [1.82, 2.24) is 20.1 Å². The fraction of sp³-hybridized carbons (Fsp3) is 0.318. The summed E-state index contributed by atoms with van der Waals surface area (Å²) in [5.41, 5.74) is 2.15. The molecule has 9 nitrogen and oxygen atoms in total. The van der Waals surface area contributed by atoms with E-state index in [0.29, 0.717) is 23.3 Å². The molecule has 0 fully saturated rings. The number of carbonyl (C=O) groups is 3. The molecule has 3 aromatic rings. The van der Waals surface area contributed by atoms with Crippen molar-refractivity contribution >= 4 is 28.9 Å². The summed E-state index contributed by atoms with van der Waals surface area (Å²) in [4.78, 5) is 42.4. The van der Waals surface area contributed by atoms with Gasteiger partial charge in [0.1, 0.15) is 0 Å². The van der Waals surface area contributed by atoms with E-state index in [4.69, 9.17) is 9.47 Å². The first-order chi connectivity index (χ1) is 15.0. The van der Waals surface area contributed by atoms with E-state index in [-0.39, 0.29) is 18.8 Å². The van der Waals surface area contributed by atoms with Crippen LogP contribution >= 0.6 is 0 Å². The van der Waals surface area contributed by atoms with Gasteiger partial charge in [0.25, 0.3) is 5.91 Å². The zero-order valence-corrected chi connectivity index (χ0v) is 17.6. The van der Waals surface area contributed by atoms with Crippen molar-refractivity contribution in [3.05, 3.63) is 48.2 Å². The van der Waals surface area contributed by atoms with Crippen LogP contribution in [0.4, 0.5) is 0 Å². The molecule has 0 bridgehead atoms. The summed E-state index contributed by atoms with van der Waals surface area (Å²) in [7, 11) is 0. The van der Waals surface area contributed by atoms with Crippen LogP contribution in [0, 0.1) is 0 Å². The van der Waals surface area contributed by atoms with Crippen LogP contribution < -0.4 is 5.32 Å². The van der Waals surface area contributed by atoms with Gasteiger partial charge in [-0.2, -0.15) is 5.10 Å². The van der Waals surface area contributed by atoms with Gasteiger partial charge in [0.05, 0.1) is 36.1 Å². The van der Waals surface area contributed by atoms with Gasteiger partial charge < -0.3 is 14.8 Å². The van der Waals surface area contributed by atoms with Gasteiger partial charge in [-0.15, -0.1) is 0 Å². The van der Waals surface area contributed by atoms with Crippen LogP contribution in [0.3, 0.4) is 0 Å². The monoisotopic (exact) mass is 424 g/mol. The average Bonchev–Trinajstić information content (AvgIpc) is 3.20. The lowest BCUT2D eigenvalue weighted by Gasteiger charge is -2.16. The molecule has 0 unspecified atom stereocenters. The van der Waals surface area contributed by atoms with E-state index in [2.05, 4.69) is 15.4 Å². The molecule has 2 heterocycles. The number of fused-ring (bicyclic) bond motifs is 1. The summed E-state index contributed by atoms with van der Waals surface area (Å²) in [6.45, 7) is 5.82. The maximum absolute atomic E-state index is 13.2. The summed E-state index contributed by atoms with van der Waals surface area (Å²) < 4.78 is 11.5. The average molecular weight is 424 g/mol. The summed E-state index contributed by atoms with van der Waals surface area (Å²) >= 11 is 0. The molecule has 9 heteroatoms. The lowest BCUT2D eigenvalue weighted by molar-refractivity contribution is -0.157. The highest BCUT2D eigenvalue weighted by Gasteiger charge is 2.32. The molecule has 2 aromatic heterocycles. The molecule has 1 aromatic carbocycles. The summed E-state index contributed by atoms with van der Waals surface area (Å²) in [5, 5.41) is 7.24. The number of aromatic nitrogens is 3. The molecule has 0 aliphatic rings. The van der Waals surface area contributed by atoms with Crippen molar-refractivity contribution in [2.75, 3.05) is 13.2 Å². The van der Waals surface area contributed by atoms with E-state index in [1.165, 1.54) is 0 Å². The molecule has 162 valence electrons. The minimum absolute atomic E-state index is 0.0610. The standard InChI is InChI=1S/C22H24N4O5/c1-4-26-19-16(13-23-26)15(12-17(24-19)14-10-8-7-9-11-14)20(27)25-18(21(28)30-5-2)22(29)31-6-3/h7-13,18H,4-6H2,1-3H3,(H,25,27). The Morgan fingerprint density at radius 2 is 1.68 bits per heavy atom. The van der Waals surface area contributed by atoms with Gasteiger partial charge in [-0.25, -0.2) is 19.3 Å². The van der Waals surface area contributed by atoms with Crippen molar-refractivity contribution in [3.63, 3.8) is 0 Å². The number of aryl methyl sites for hydroxylation is 1. The molecular formula is C22H24N4O5. The maximum Gasteiger partial charge on any atom is 0.340 e. The second kappa shape index (κ2) is 9.84. The van der Waals surface area contributed by atoms with E-state index < -0.39 is 23.9 Å². The highest BCUT2D eigenvalue weighted by molar-refractivity contribution is 6.10. The van der Waals surface area contributed by atoms with Crippen LogP contribution in [0.15, 0.2) is 42.6 Å². The van der Waals surface area contributed by atoms with Crippen LogP contribution in [-0.4, -0.2) is 51.9 Å². The van der Waals surface area contributed by atoms with E-state index in [1.54, 1.807) is 30.8 Å². The normalized spacial score (nSPS) is 10.8. The largest absolute Gasteiger partial charge is 0.464 e. The molecule has 0 aliphatic carbocycles. The molecule has 0 saturated carbocycles. The summed E-state index contributed by atoms with van der Waals surface area (Å²) in [6.07, 6.45) is 1.54. The predicted octanol–water partition coefficient (Wildman–Crippen LogP) is 2.34. The molecule has 31 heavy (non-hydrogen) atoms. The highest BCUT2D eigenvalue weighted by Crippen LogP contribution is 2.25. The first kappa shape index (κ1) is 21.9. The second-order valence-electron chi connectivity index (χ2n) is 6.53. The topological polar surface area (TPSA) is 112 Å². The van der Waals surface area contributed by atoms with Crippen LogP contribution in [0.1, 0.15) is 31.1 Å². The molecule has 0 atom stereocenters. The number of carbonyl (C=O) groups excluding carboxylic acids is 3. The number of hydrogen-bond acceptors (Lipinski definition) is 7. The van der Waals surface area contributed by atoms with Gasteiger partial charge in [-0.05, 0) is 26.8 Å². The van der Waals surface area contributed by atoms with Gasteiger partial charge in [0.15, 0.2) is 5.65 Å². The Morgan fingerprint density at radius 3 is 2.26 bits per heavy atom. The number of pyridine rings is 1. The fourth-order valence-electron chi connectivity index (χ4n) is 3.10. The Balaban J connectivity index is 2.05. The van der Waals surface area contributed by atoms with E-state index in [0.717, 1.165) is 5.56 Å². The maximum atomic E-state index is 13.2. The minimum Gasteiger partial charge on any atom is -0.464 e. The zero-order valence-electron chi connectivity index (χ0n) is 17.6. The second-order valence-corrected chi connectivity index (χ2v) is 6.53. The minimum atomic E-state index is -1.57. The molecule has 0 saturated heterocycles. The Labute approximate surface area is 179 Å². The number of benzene rings is 1. The zero-order chi connectivity index (χ0) is 22.4. The smallest absolute Gasteiger partial charge is 0.340 e. The van der Waals surface area contributed by atoms with Crippen molar-refractivity contribution in [3.8, 4) is 11.3 Å². The van der Waals surface area contributed by atoms with Crippen molar-refractivity contribution in [1.29, 1.82) is 0 Å². The van der Waals surface area contributed by atoms with Gasteiger partial charge >= 0.3 is 11.9 Å². The quantitative estimate of drug-likeness (QED) is 0.436. The van der Waals surface area contributed by atoms with Crippen molar-refractivity contribution in [2.45, 2.75) is 33.4 Å². The molecule has 0 radical (unpaired) electrons. The Hall–Kier alpha value is -3.75. The fourth-order valence-corrected chi connectivity index (χ4v) is 3.10. The lowest BCUT2D eigenvalue weighted by atomic mass is 10.1. The Morgan fingerprint density at radius 1 is 1.03 bits per heavy atom. The number of nitrogens with one attached hydrogen (secondary N) is 1. The number of rotatable bonds is 8.